The molecular weight excluding hydrogens is 234 g/mol. The predicted molar refractivity (Wildman–Crippen MR) is 63.8 cm³/mol. The Morgan fingerprint density at radius 3 is 3.00 bits per heavy atom. The molecule has 4 nitrogen and oxygen atoms in total. The minimum Gasteiger partial charge on any atom is -0.380 e. The summed E-state index contributed by atoms with van der Waals surface area (Å²) in [6.45, 7) is 4.07. The van der Waals surface area contributed by atoms with E-state index < -0.39 is 0 Å². The van der Waals surface area contributed by atoms with Gasteiger partial charge in [0.25, 0.3) is 0 Å². The van der Waals surface area contributed by atoms with Crippen LogP contribution in [0.3, 0.4) is 0 Å². The first-order valence-electron chi connectivity index (χ1n) is 4.66. The second-order valence-corrected chi connectivity index (χ2v) is 3.85. The average Bonchev–Trinajstić information content (AvgIpc) is 2.23. The van der Waals surface area contributed by atoms with E-state index in [2.05, 4.69) is 15.3 Å². The number of halogens is 1. The minimum absolute atomic E-state index is 0.452. The van der Waals surface area contributed by atoms with Crippen LogP contribution in [0.25, 0.3) is 0 Å². The van der Waals surface area contributed by atoms with Gasteiger partial charge in [-0.3, -0.25) is 0 Å². The number of ether oxygens (including phenoxy) is 1. The number of hydrogen-bond donors (Lipinski definition) is 1. The number of nitrogens with zero attached hydrogens (tertiary/aromatic N) is 2. The minimum atomic E-state index is 0.452. The van der Waals surface area contributed by atoms with Gasteiger partial charge in [0.2, 0.25) is 0 Å². The summed E-state index contributed by atoms with van der Waals surface area (Å²) in [6, 6.07) is 1.70. The maximum Gasteiger partial charge on any atom is 0.190 e. The van der Waals surface area contributed by atoms with E-state index in [4.69, 9.17) is 16.3 Å². The summed E-state index contributed by atoms with van der Waals surface area (Å²) in [7, 11) is 0. The molecule has 0 aromatic carbocycles. The number of anilines is 1. The Hall–Kier alpha value is -0.520. The van der Waals surface area contributed by atoms with E-state index >= 15 is 0 Å². The Labute approximate surface area is 98.8 Å². The molecule has 1 aromatic rings. The quantitative estimate of drug-likeness (QED) is 0.362. The molecule has 0 bridgehead atoms. The molecule has 0 saturated carbocycles. The van der Waals surface area contributed by atoms with Crippen LogP contribution in [0, 0.1) is 0 Å². The standard InChI is InChI=1S/C9H14ClN3OS/c1-3-14-5-4-11-8-6-7(10)12-9(13-8)15-2/h6H,3-5H2,1-2H3,(H,11,12,13). The van der Waals surface area contributed by atoms with Gasteiger partial charge in [-0.15, -0.1) is 0 Å². The number of rotatable bonds is 6. The summed E-state index contributed by atoms with van der Waals surface area (Å²) in [5.41, 5.74) is 0. The fraction of sp³-hybridized carbons (Fsp3) is 0.556. The van der Waals surface area contributed by atoms with E-state index in [-0.39, 0.29) is 0 Å². The maximum absolute atomic E-state index is 5.83. The summed E-state index contributed by atoms with van der Waals surface area (Å²) in [5, 5.41) is 4.24. The van der Waals surface area contributed by atoms with Crippen LogP contribution in [-0.2, 0) is 4.74 Å². The molecule has 6 heteroatoms. The number of nitrogens with one attached hydrogen (secondary N) is 1. The van der Waals surface area contributed by atoms with Crippen LogP contribution >= 0.6 is 23.4 Å². The molecule has 1 aromatic heterocycles. The van der Waals surface area contributed by atoms with Crippen molar-refractivity contribution in [3.63, 3.8) is 0 Å². The number of hydrogen-bond acceptors (Lipinski definition) is 5. The van der Waals surface area contributed by atoms with E-state index in [1.54, 1.807) is 6.07 Å². The van der Waals surface area contributed by atoms with Gasteiger partial charge >= 0.3 is 0 Å². The molecule has 15 heavy (non-hydrogen) atoms. The van der Waals surface area contributed by atoms with Crippen LogP contribution < -0.4 is 5.32 Å². The van der Waals surface area contributed by atoms with Gasteiger partial charge in [-0.05, 0) is 13.2 Å². The Balaban J connectivity index is 2.49. The smallest absolute Gasteiger partial charge is 0.190 e. The van der Waals surface area contributed by atoms with Gasteiger partial charge < -0.3 is 10.1 Å². The van der Waals surface area contributed by atoms with E-state index in [0.29, 0.717) is 16.9 Å². The largest absolute Gasteiger partial charge is 0.380 e. The van der Waals surface area contributed by atoms with E-state index in [1.807, 2.05) is 13.2 Å². The molecule has 0 saturated heterocycles. The molecule has 84 valence electrons. The summed E-state index contributed by atoms with van der Waals surface area (Å²) in [4.78, 5) is 8.29. The van der Waals surface area contributed by atoms with Crippen molar-refractivity contribution in [2.24, 2.45) is 0 Å². The summed E-state index contributed by atoms with van der Waals surface area (Å²) < 4.78 is 5.20. The van der Waals surface area contributed by atoms with Crippen LogP contribution in [-0.4, -0.2) is 36.0 Å². The van der Waals surface area contributed by atoms with Gasteiger partial charge in [0.1, 0.15) is 11.0 Å². The van der Waals surface area contributed by atoms with Crippen molar-refractivity contribution in [2.75, 3.05) is 31.3 Å². The van der Waals surface area contributed by atoms with Crippen molar-refractivity contribution < 1.29 is 4.74 Å². The molecule has 0 aliphatic rings. The van der Waals surface area contributed by atoms with Gasteiger partial charge in [0, 0.05) is 19.2 Å². The molecular formula is C9H14ClN3OS. The molecule has 1 rings (SSSR count). The van der Waals surface area contributed by atoms with Crippen LogP contribution in [0.5, 0.6) is 0 Å². The molecule has 0 aliphatic carbocycles. The van der Waals surface area contributed by atoms with Gasteiger partial charge in [-0.2, -0.15) is 0 Å². The zero-order valence-corrected chi connectivity index (χ0v) is 10.4. The Morgan fingerprint density at radius 2 is 2.33 bits per heavy atom. The highest BCUT2D eigenvalue weighted by molar-refractivity contribution is 7.98. The summed E-state index contributed by atoms with van der Waals surface area (Å²) in [5.74, 6) is 0.735. The van der Waals surface area contributed by atoms with Crippen molar-refractivity contribution in [1.82, 2.24) is 9.97 Å². The monoisotopic (exact) mass is 247 g/mol. The number of aromatic nitrogens is 2. The average molecular weight is 248 g/mol. The molecule has 0 radical (unpaired) electrons. The van der Waals surface area contributed by atoms with Crippen molar-refractivity contribution in [3.8, 4) is 0 Å². The lowest BCUT2D eigenvalue weighted by Gasteiger charge is -2.06. The van der Waals surface area contributed by atoms with Gasteiger partial charge in [-0.25, -0.2) is 9.97 Å². The van der Waals surface area contributed by atoms with Crippen LogP contribution in [0.4, 0.5) is 5.82 Å². The first kappa shape index (κ1) is 12.5. The third kappa shape index (κ3) is 4.68. The first-order chi connectivity index (χ1) is 7.26. The lowest BCUT2D eigenvalue weighted by molar-refractivity contribution is 0.158. The lowest BCUT2D eigenvalue weighted by atomic mass is 10.5. The van der Waals surface area contributed by atoms with Gasteiger partial charge in [0.15, 0.2) is 5.16 Å². The molecule has 0 atom stereocenters. The Bertz CT molecular complexity index is 311. The molecule has 0 amide bonds. The second kappa shape index (κ2) is 6.87. The highest BCUT2D eigenvalue weighted by Gasteiger charge is 2.01. The molecule has 0 fully saturated rings. The van der Waals surface area contributed by atoms with E-state index in [9.17, 15) is 0 Å². The van der Waals surface area contributed by atoms with Crippen LogP contribution in [0.15, 0.2) is 11.2 Å². The predicted octanol–water partition coefficient (Wildman–Crippen LogP) is 2.30. The van der Waals surface area contributed by atoms with E-state index in [1.165, 1.54) is 11.8 Å². The molecule has 1 N–H and O–H groups in total. The fourth-order valence-electron chi connectivity index (χ4n) is 0.974. The second-order valence-electron chi connectivity index (χ2n) is 2.69. The normalized spacial score (nSPS) is 10.3. The molecule has 0 spiro atoms. The Kier molecular flexibility index (Phi) is 5.75. The highest BCUT2D eigenvalue weighted by atomic mass is 35.5. The zero-order valence-electron chi connectivity index (χ0n) is 8.79. The Morgan fingerprint density at radius 1 is 1.53 bits per heavy atom. The molecule has 1 heterocycles. The van der Waals surface area contributed by atoms with Crippen molar-refractivity contribution in [1.29, 1.82) is 0 Å². The van der Waals surface area contributed by atoms with Gasteiger partial charge in [-0.1, -0.05) is 23.4 Å². The summed E-state index contributed by atoms with van der Waals surface area (Å²) in [6.07, 6.45) is 1.91. The summed E-state index contributed by atoms with van der Waals surface area (Å²) >= 11 is 7.30. The van der Waals surface area contributed by atoms with Crippen molar-refractivity contribution >= 4 is 29.2 Å². The number of thioether (sulfide) groups is 1. The third-order valence-electron chi connectivity index (χ3n) is 1.61. The molecule has 0 aliphatic heterocycles. The lowest BCUT2D eigenvalue weighted by Crippen LogP contribution is -2.10. The maximum atomic E-state index is 5.83. The van der Waals surface area contributed by atoms with Gasteiger partial charge in [0.05, 0.1) is 6.61 Å². The van der Waals surface area contributed by atoms with Crippen LogP contribution in [0.2, 0.25) is 5.15 Å². The van der Waals surface area contributed by atoms with Crippen LogP contribution in [0.1, 0.15) is 6.92 Å². The van der Waals surface area contributed by atoms with Crippen molar-refractivity contribution in [2.45, 2.75) is 12.1 Å². The zero-order chi connectivity index (χ0) is 11.1. The highest BCUT2D eigenvalue weighted by Crippen LogP contribution is 2.16. The topological polar surface area (TPSA) is 47.0 Å². The van der Waals surface area contributed by atoms with E-state index in [0.717, 1.165) is 19.0 Å². The molecule has 0 unspecified atom stereocenters. The third-order valence-corrected chi connectivity index (χ3v) is 2.35. The fourth-order valence-corrected chi connectivity index (χ4v) is 1.59. The van der Waals surface area contributed by atoms with Crippen molar-refractivity contribution in [3.05, 3.63) is 11.2 Å². The first-order valence-corrected chi connectivity index (χ1v) is 6.26. The SMILES string of the molecule is CCOCCNc1cc(Cl)nc(SC)n1.